The summed E-state index contributed by atoms with van der Waals surface area (Å²) in [5.74, 6) is -0.200. The van der Waals surface area contributed by atoms with Crippen LogP contribution in [-0.2, 0) is 9.59 Å². The van der Waals surface area contributed by atoms with Gasteiger partial charge in [-0.1, -0.05) is 13.8 Å². The molecule has 4 N–H and O–H groups in total. The predicted molar refractivity (Wildman–Crippen MR) is 76.7 cm³/mol. The summed E-state index contributed by atoms with van der Waals surface area (Å²) in [7, 11) is 0. The first kappa shape index (κ1) is 17.2. The molecule has 0 radical (unpaired) electrons. The Labute approximate surface area is 115 Å². The third-order valence-corrected chi connectivity index (χ3v) is 2.71. The van der Waals surface area contributed by atoms with Crippen molar-refractivity contribution in [3.63, 3.8) is 0 Å². The molecular weight excluding hydrogens is 242 g/mol. The van der Waals surface area contributed by atoms with Crippen molar-refractivity contribution >= 4 is 11.8 Å². The number of allylic oxidation sites excluding steroid dienone is 2. The molecule has 5 heteroatoms. The Hall–Kier alpha value is -1.78. The van der Waals surface area contributed by atoms with Gasteiger partial charge < -0.3 is 16.4 Å². The smallest absolute Gasteiger partial charge is 0.273 e. The van der Waals surface area contributed by atoms with Gasteiger partial charge in [-0.3, -0.25) is 9.59 Å². The molecular formula is C14H25N3O2. The van der Waals surface area contributed by atoms with Gasteiger partial charge in [0.1, 0.15) is 11.5 Å². The molecule has 0 aromatic heterocycles. The van der Waals surface area contributed by atoms with E-state index >= 15 is 0 Å². The first-order valence-corrected chi connectivity index (χ1v) is 6.57. The maximum absolute atomic E-state index is 12.1. The molecule has 2 amide bonds. The topological polar surface area (TPSA) is 84.2 Å². The Balaban J connectivity index is 4.90. The van der Waals surface area contributed by atoms with Crippen LogP contribution in [-0.4, -0.2) is 11.8 Å². The van der Waals surface area contributed by atoms with Crippen LogP contribution in [0, 0.1) is 0 Å². The third kappa shape index (κ3) is 6.08. The number of hydrogen-bond acceptors (Lipinski definition) is 3. The Kier molecular flexibility index (Phi) is 7.56. The van der Waals surface area contributed by atoms with Crippen molar-refractivity contribution < 1.29 is 9.59 Å². The van der Waals surface area contributed by atoms with E-state index in [1.807, 2.05) is 20.8 Å². The van der Waals surface area contributed by atoms with E-state index in [1.54, 1.807) is 13.8 Å². The molecule has 0 aliphatic heterocycles. The number of rotatable bonds is 6. The lowest BCUT2D eigenvalue weighted by Crippen LogP contribution is -2.37. The SMILES string of the molecule is CCCC(=O)NC(C(=O)N/C(N)=C(/C)CC)=C(C)C. The van der Waals surface area contributed by atoms with Gasteiger partial charge in [-0.2, -0.15) is 0 Å². The van der Waals surface area contributed by atoms with Gasteiger partial charge in [0.15, 0.2) is 0 Å². The summed E-state index contributed by atoms with van der Waals surface area (Å²) in [6.45, 7) is 9.27. The number of hydrogen-bond donors (Lipinski definition) is 3. The number of nitrogens with two attached hydrogens (primary N) is 1. The van der Waals surface area contributed by atoms with Crippen LogP contribution in [0.4, 0.5) is 0 Å². The van der Waals surface area contributed by atoms with Gasteiger partial charge in [-0.05, 0) is 44.8 Å². The van der Waals surface area contributed by atoms with Crippen molar-refractivity contribution in [2.45, 2.75) is 53.9 Å². The van der Waals surface area contributed by atoms with E-state index in [0.717, 1.165) is 24.0 Å². The van der Waals surface area contributed by atoms with Crippen LogP contribution in [0.25, 0.3) is 0 Å². The van der Waals surface area contributed by atoms with Crippen LogP contribution < -0.4 is 16.4 Å². The molecule has 108 valence electrons. The molecule has 0 saturated heterocycles. The second-order valence-corrected chi connectivity index (χ2v) is 4.67. The summed E-state index contributed by atoms with van der Waals surface area (Å²) in [5.41, 5.74) is 7.68. The highest BCUT2D eigenvalue weighted by Crippen LogP contribution is 2.04. The molecule has 0 aromatic carbocycles. The van der Waals surface area contributed by atoms with Gasteiger partial charge in [0, 0.05) is 6.42 Å². The minimum Gasteiger partial charge on any atom is -0.385 e. The molecule has 0 heterocycles. The molecule has 0 saturated carbocycles. The summed E-state index contributed by atoms with van der Waals surface area (Å²) in [6.07, 6.45) is 1.89. The highest BCUT2D eigenvalue weighted by molar-refractivity contribution is 5.98. The fourth-order valence-electron chi connectivity index (χ4n) is 1.32. The van der Waals surface area contributed by atoms with Gasteiger partial charge in [-0.15, -0.1) is 0 Å². The average molecular weight is 267 g/mol. The molecule has 0 spiro atoms. The van der Waals surface area contributed by atoms with E-state index in [4.69, 9.17) is 5.73 Å². The van der Waals surface area contributed by atoms with Crippen LogP contribution in [0.2, 0.25) is 0 Å². The number of carbonyl (C=O) groups is 2. The van der Waals surface area contributed by atoms with E-state index in [9.17, 15) is 9.59 Å². The van der Waals surface area contributed by atoms with Gasteiger partial charge in [0.05, 0.1) is 0 Å². The van der Waals surface area contributed by atoms with Crippen LogP contribution >= 0.6 is 0 Å². The zero-order chi connectivity index (χ0) is 15.0. The van der Waals surface area contributed by atoms with Crippen molar-refractivity contribution in [2.24, 2.45) is 5.73 Å². The molecule has 5 nitrogen and oxygen atoms in total. The fourth-order valence-corrected chi connectivity index (χ4v) is 1.32. The summed E-state index contributed by atoms with van der Waals surface area (Å²) in [5, 5.41) is 5.24. The van der Waals surface area contributed by atoms with Crippen molar-refractivity contribution in [1.82, 2.24) is 10.6 Å². The normalized spacial score (nSPS) is 11.4. The summed E-state index contributed by atoms with van der Waals surface area (Å²) in [4.78, 5) is 23.6. The lowest BCUT2D eigenvalue weighted by Gasteiger charge is -2.13. The van der Waals surface area contributed by atoms with Gasteiger partial charge in [0.25, 0.3) is 5.91 Å². The van der Waals surface area contributed by atoms with E-state index < -0.39 is 0 Å². The first-order valence-electron chi connectivity index (χ1n) is 6.57. The zero-order valence-corrected chi connectivity index (χ0v) is 12.5. The van der Waals surface area contributed by atoms with Crippen LogP contribution in [0.3, 0.4) is 0 Å². The molecule has 0 aliphatic rings. The summed E-state index contributed by atoms with van der Waals surface area (Å²) >= 11 is 0. The molecule has 0 fully saturated rings. The number of carbonyl (C=O) groups excluding carboxylic acids is 2. The maximum Gasteiger partial charge on any atom is 0.273 e. The quantitative estimate of drug-likeness (QED) is 0.643. The molecule has 0 aliphatic carbocycles. The van der Waals surface area contributed by atoms with Crippen molar-refractivity contribution in [2.75, 3.05) is 0 Å². The molecule has 0 unspecified atom stereocenters. The lowest BCUT2D eigenvalue weighted by molar-refractivity contribution is -0.123. The Morgan fingerprint density at radius 3 is 2.05 bits per heavy atom. The van der Waals surface area contributed by atoms with E-state index in [1.165, 1.54) is 0 Å². The number of amides is 2. The second-order valence-electron chi connectivity index (χ2n) is 4.67. The zero-order valence-electron chi connectivity index (χ0n) is 12.5. The van der Waals surface area contributed by atoms with Gasteiger partial charge in [-0.25, -0.2) is 0 Å². The first-order chi connectivity index (χ1) is 8.83. The Morgan fingerprint density at radius 2 is 1.63 bits per heavy atom. The van der Waals surface area contributed by atoms with Crippen molar-refractivity contribution in [1.29, 1.82) is 0 Å². The summed E-state index contributed by atoms with van der Waals surface area (Å²) < 4.78 is 0. The second kappa shape index (κ2) is 8.34. The molecule has 0 rings (SSSR count). The van der Waals surface area contributed by atoms with E-state index in [-0.39, 0.29) is 17.5 Å². The lowest BCUT2D eigenvalue weighted by atomic mass is 10.2. The Morgan fingerprint density at radius 1 is 1.05 bits per heavy atom. The highest BCUT2D eigenvalue weighted by atomic mass is 16.2. The maximum atomic E-state index is 12.1. The van der Waals surface area contributed by atoms with Crippen molar-refractivity contribution in [3.8, 4) is 0 Å². The molecule has 0 aromatic rings. The number of nitrogens with one attached hydrogen (secondary N) is 2. The van der Waals surface area contributed by atoms with Crippen LogP contribution in [0.15, 0.2) is 22.7 Å². The third-order valence-electron chi connectivity index (χ3n) is 2.71. The molecule has 19 heavy (non-hydrogen) atoms. The standard InChI is InChI=1S/C14H25N3O2/c1-6-8-11(18)16-12(9(3)4)14(19)17-13(15)10(5)7-2/h6-8,15H2,1-5H3,(H,16,18)(H,17,19)/b13-10-. The Bertz CT molecular complexity index is 405. The van der Waals surface area contributed by atoms with Crippen LogP contribution in [0.1, 0.15) is 53.9 Å². The van der Waals surface area contributed by atoms with Crippen molar-refractivity contribution in [3.05, 3.63) is 22.7 Å². The average Bonchev–Trinajstić information content (AvgIpc) is 2.34. The van der Waals surface area contributed by atoms with Gasteiger partial charge >= 0.3 is 0 Å². The van der Waals surface area contributed by atoms with Gasteiger partial charge in [0.2, 0.25) is 5.91 Å². The monoisotopic (exact) mass is 267 g/mol. The fraction of sp³-hybridized carbons (Fsp3) is 0.571. The minimum absolute atomic E-state index is 0.163. The predicted octanol–water partition coefficient (Wildman–Crippen LogP) is 1.91. The van der Waals surface area contributed by atoms with E-state index in [0.29, 0.717) is 12.2 Å². The minimum atomic E-state index is -0.380. The molecule has 0 atom stereocenters. The molecule has 0 bridgehead atoms. The largest absolute Gasteiger partial charge is 0.385 e. The van der Waals surface area contributed by atoms with Crippen LogP contribution in [0.5, 0.6) is 0 Å². The van der Waals surface area contributed by atoms with E-state index in [2.05, 4.69) is 10.6 Å². The highest BCUT2D eigenvalue weighted by Gasteiger charge is 2.15. The summed E-state index contributed by atoms with van der Waals surface area (Å²) in [6, 6.07) is 0.